The fourth-order valence-electron chi connectivity index (χ4n) is 4.28. The number of carbonyl (C=O) groups excluding carboxylic acids is 1. The van der Waals surface area contributed by atoms with Crippen molar-refractivity contribution in [2.24, 2.45) is 17.8 Å². The Bertz CT molecular complexity index is 1400. The second kappa shape index (κ2) is 10.2. The molecule has 184 valence electrons. The van der Waals surface area contributed by atoms with Gasteiger partial charge in [0.05, 0.1) is 35.0 Å². The molecule has 2 fully saturated rings. The summed E-state index contributed by atoms with van der Waals surface area (Å²) in [6.07, 6.45) is 4.74. The van der Waals surface area contributed by atoms with Crippen LogP contribution in [0.3, 0.4) is 0 Å². The number of fused-ring (bicyclic) bond motifs is 2. The van der Waals surface area contributed by atoms with Crippen LogP contribution in [0.15, 0.2) is 48.8 Å². The summed E-state index contributed by atoms with van der Waals surface area (Å²) in [6, 6.07) is 8.00. The van der Waals surface area contributed by atoms with Crippen LogP contribution in [0.4, 0.5) is 21.6 Å². The third kappa shape index (κ3) is 5.34. The lowest BCUT2D eigenvalue weighted by Crippen LogP contribution is -2.13. The molecule has 3 aromatic rings. The number of hydrogen-bond donors (Lipinski definition) is 2. The van der Waals surface area contributed by atoms with Crippen molar-refractivity contribution in [2.75, 3.05) is 44.5 Å². The van der Waals surface area contributed by atoms with Crippen LogP contribution < -0.4 is 10.6 Å². The molecule has 1 aliphatic carbocycles. The molecule has 0 radical (unpaired) electrons. The Labute approximate surface area is 213 Å². The maximum absolute atomic E-state index is 13.6. The van der Waals surface area contributed by atoms with E-state index >= 15 is 0 Å². The van der Waals surface area contributed by atoms with E-state index in [-0.39, 0.29) is 10.9 Å². The Morgan fingerprint density at radius 2 is 2.06 bits per heavy atom. The average Bonchev–Trinajstić information content (AvgIpc) is 3.26. The second-order valence-corrected chi connectivity index (χ2v) is 9.61. The van der Waals surface area contributed by atoms with Crippen LogP contribution in [0, 0.1) is 35.4 Å². The van der Waals surface area contributed by atoms with Crippen LogP contribution in [0.1, 0.15) is 5.56 Å². The normalized spacial score (nSPS) is 20.3. The lowest BCUT2D eigenvalue weighted by Gasteiger charge is -2.12. The first-order valence-corrected chi connectivity index (χ1v) is 12.0. The molecule has 1 saturated carbocycles. The van der Waals surface area contributed by atoms with Crippen molar-refractivity contribution < 1.29 is 13.9 Å². The molecule has 7 nitrogen and oxygen atoms in total. The van der Waals surface area contributed by atoms with Crippen molar-refractivity contribution in [1.82, 2.24) is 14.9 Å². The van der Waals surface area contributed by atoms with Gasteiger partial charge in [0.15, 0.2) is 0 Å². The molecule has 36 heavy (non-hydrogen) atoms. The number of hydrogen-bond acceptors (Lipinski definition) is 6. The minimum Gasteiger partial charge on any atom is -0.381 e. The molecule has 3 atom stereocenters. The van der Waals surface area contributed by atoms with Crippen LogP contribution in [-0.4, -0.2) is 54.6 Å². The van der Waals surface area contributed by atoms with E-state index in [1.54, 1.807) is 18.2 Å². The summed E-state index contributed by atoms with van der Waals surface area (Å²) in [5.41, 5.74) is 2.47. The van der Waals surface area contributed by atoms with Gasteiger partial charge >= 0.3 is 0 Å². The first kappa shape index (κ1) is 24.2. The van der Waals surface area contributed by atoms with Crippen LogP contribution in [0.2, 0.25) is 5.02 Å². The number of nitrogens with zero attached hydrogens (tertiary/aromatic N) is 3. The highest BCUT2D eigenvalue weighted by Gasteiger charge is 2.53. The Hall–Kier alpha value is -3.51. The SMILES string of the molecule is CN(C)C/C=C/C(=O)Nc1cc2c(Nc3ccc(F)c(Cl)c3)ncnc2cc1C#CC1[C@H]2COC[C@@H]12. The molecular formula is C27H25ClFN5O2. The highest BCUT2D eigenvalue weighted by Crippen LogP contribution is 2.50. The minimum absolute atomic E-state index is 0.00336. The molecule has 1 amide bonds. The van der Waals surface area contributed by atoms with Gasteiger partial charge < -0.3 is 20.3 Å². The molecule has 2 aromatic carbocycles. The van der Waals surface area contributed by atoms with Crippen molar-refractivity contribution in [3.05, 3.63) is 65.2 Å². The summed E-state index contributed by atoms with van der Waals surface area (Å²) in [5, 5.41) is 6.79. The van der Waals surface area contributed by atoms with E-state index in [0.29, 0.717) is 58.0 Å². The topological polar surface area (TPSA) is 79.4 Å². The largest absolute Gasteiger partial charge is 0.381 e. The van der Waals surface area contributed by atoms with Gasteiger partial charge in [0.25, 0.3) is 0 Å². The molecule has 9 heteroatoms. The standard InChI is InChI=1S/C27H25ClFN5O2/c1-34(2)9-3-4-26(35)33-24-12-19-25(10-16(24)5-7-18-20-13-36-14-21(18)20)30-15-31-27(19)32-17-6-8-23(29)22(28)11-17/h3-4,6,8,10-12,15,18,20-21H,9,13-14H2,1-2H3,(H,33,35)(H,30,31,32)/b4-3+/t18?,20-,21+. The lowest BCUT2D eigenvalue weighted by atomic mass is 10.1. The third-order valence-electron chi connectivity index (χ3n) is 6.28. The van der Waals surface area contributed by atoms with E-state index in [1.807, 2.05) is 25.1 Å². The molecular weight excluding hydrogens is 481 g/mol. The molecule has 1 aromatic heterocycles. The van der Waals surface area contributed by atoms with Crippen molar-refractivity contribution in [2.45, 2.75) is 0 Å². The highest BCUT2D eigenvalue weighted by molar-refractivity contribution is 6.31. The lowest BCUT2D eigenvalue weighted by molar-refractivity contribution is -0.111. The van der Waals surface area contributed by atoms with Crippen molar-refractivity contribution in [3.63, 3.8) is 0 Å². The number of ether oxygens (including phenoxy) is 1. The molecule has 0 bridgehead atoms. The van der Waals surface area contributed by atoms with Gasteiger partial charge in [-0.2, -0.15) is 0 Å². The highest BCUT2D eigenvalue weighted by atomic mass is 35.5. The zero-order valence-corrected chi connectivity index (χ0v) is 20.6. The summed E-state index contributed by atoms with van der Waals surface area (Å²) >= 11 is 5.94. The Balaban J connectivity index is 1.49. The summed E-state index contributed by atoms with van der Waals surface area (Å²) < 4.78 is 19.1. The number of anilines is 3. The van der Waals surface area contributed by atoms with E-state index in [9.17, 15) is 9.18 Å². The molecule has 2 aliphatic rings. The maximum atomic E-state index is 13.6. The number of benzene rings is 2. The van der Waals surface area contributed by atoms with Gasteiger partial charge in [-0.05, 0) is 44.4 Å². The first-order valence-electron chi connectivity index (χ1n) is 11.6. The number of aromatic nitrogens is 2. The monoisotopic (exact) mass is 505 g/mol. The smallest absolute Gasteiger partial charge is 0.248 e. The zero-order chi connectivity index (χ0) is 25.2. The van der Waals surface area contributed by atoms with Crippen LogP contribution >= 0.6 is 11.6 Å². The van der Waals surface area contributed by atoms with Gasteiger partial charge in [-0.15, -0.1) is 0 Å². The molecule has 2 heterocycles. The molecule has 0 spiro atoms. The summed E-state index contributed by atoms with van der Waals surface area (Å²) in [6.45, 7) is 2.17. The Morgan fingerprint density at radius 1 is 1.25 bits per heavy atom. The molecule has 1 unspecified atom stereocenters. The maximum Gasteiger partial charge on any atom is 0.248 e. The summed E-state index contributed by atoms with van der Waals surface area (Å²) in [4.78, 5) is 23.4. The number of nitrogens with one attached hydrogen (secondary N) is 2. The molecule has 1 aliphatic heterocycles. The van der Waals surface area contributed by atoms with E-state index < -0.39 is 5.82 Å². The number of likely N-dealkylation sites (N-methyl/N-ethyl adjacent to an activating group) is 1. The van der Waals surface area contributed by atoms with Gasteiger partial charge in [-0.1, -0.05) is 29.5 Å². The second-order valence-electron chi connectivity index (χ2n) is 9.21. The van der Waals surface area contributed by atoms with Gasteiger partial charge in [0.1, 0.15) is 18.0 Å². The predicted molar refractivity (Wildman–Crippen MR) is 139 cm³/mol. The van der Waals surface area contributed by atoms with Gasteiger partial charge in [-0.3, -0.25) is 4.79 Å². The Morgan fingerprint density at radius 3 is 2.81 bits per heavy atom. The molecule has 2 N–H and O–H groups in total. The van der Waals surface area contributed by atoms with Gasteiger partial charge in [0.2, 0.25) is 5.91 Å². The first-order chi connectivity index (χ1) is 17.4. The van der Waals surface area contributed by atoms with E-state index in [2.05, 4.69) is 32.4 Å². The number of rotatable bonds is 6. The van der Waals surface area contributed by atoms with Crippen LogP contribution in [0.5, 0.6) is 0 Å². The molecule has 1 saturated heterocycles. The fourth-order valence-corrected chi connectivity index (χ4v) is 4.46. The van der Waals surface area contributed by atoms with Crippen molar-refractivity contribution >= 4 is 45.6 Å². The number of halogens is 2. The predicted octanol–water partition coefficient (Wildman–Crippen LogP) is 4.47. The minimum atomic E-state index is -0.503. The van der Waals surface area contributed by atoms with Crippen molar-refractivity contribution in [3.8, 4) is 11.8 Å². The quantitative estimate of drug-likeness (QED) is 0.380. The summed E-state index contributed by atoms with van der Waals surface area (Å²) in [5.74, 6) is 7.70. The van der Waals surface area contributed by atoms with E-state index in [0.717, 1.165) is 13.2 Å². The fraction of sp³-hybridized carbons (Fsp3) is 0.296. The van der Waals surface area contributed by atoms with Crippen LogP contribution in [0.25, 0.3) is 10.9 Å². The number of amides is 1. The van der Waals surface area contributed by atoms with Crippen LogP contribution in [-0.2, 0) is 9.53 Å². The van der Waals surface area contributed by atoms with E-state index in [4.69, 9.17) is 16.3 Å². The van der Waals surface area contributed by atoms with E-state index in [1.165, 1.54) is 24.5 Å². The summed E-state index contributed by atoms with van der Waals surface area (Å²) in [7, 11) is 3.86. The zero-order valence-electron chi connectivity index (χ0n) is 19.9. The molecule has 5 rings (SSSR count). The van der Waals surface area contributed by atoms with Crippen molar-refractivity contribution in [1.29, 1.82) is 0 Å². The third-order valence-corrected chi connectivity index (χ3v) is 6.57. The Kier molecular flexibility index (Phi) is 6.88. The van der Waals surface area contributed by atoms with Gasteiger partial charge in [-0.25, -0.2) is 14.4 Å². The average molecular weight is 506 g/mol. The number of carbonyl (C=O) groups is 1. The van der Waals surface area contributed by atoms with Gasteiger partial charge in [0, 0.05) is 41.4 Å².